The molecule has 1 N–H and O–H groups in total. The van der Waals surface area contributed by atoms with Gasteiger partial charge in [-0.15, -0.1) is 6.58 Å². The van der Waals surface area contributed by atoms with Crippen molar-refractivity contribution in [3.8, 4) is 5.75 Å². The van der Waals surface area contributed by atoms with Crippen molar-refractivity contribution in [2.75, 3.05) is 16.8 Å². The summed E-state index contributed by atoms with van der Waals surface area (Å²) in [5.41, 5.74) is 1.57. The first kappa shape index (κ1) is 17.7. The summed E-state index contributed by atoms with van der Waals surface area (Å²) in [4.78, 5) is 11.7. The van der Waals surface area contributed by atoms with Crippen molar-refractivity contribution >= 4 is 21.4 Å². The van der Waals surface area contributed by atoms with Crippen LogP contribution in [0.25, 0.3) is 0 Å². The molecule has 2 aromatic carbocycles. The van der Waals surface area contributed by atoms with E-state index in [1.807, 2.05) is 30.3 Å². The lowest BCUT2D eigenvalue weighted by molar-refractivity contribution is -0.113. The van der Waals surface area contributed by atoms with Gasteiger partial charge in [0.25, 0.3) is 0 Å². The summed E-state index contributed by atoms with van der Waals surface area (Å²) in [5, 5.41) is 2.55. The molecule has 24 heavy (non-hydrogen) atoms. The van der Waals surface area contributed by atoms with Gasteiger partial charge >= 0.3 is 0 Å². The molecule has 1 amide bonds. The van der Waals surface area contributed by atoms with Gasteiger partial charge in [-0.05, 0) is 29.8 Å². The molecule has 0 bridgehead atoms. The standard InChI is InChI=1S/C18H19NO4S/c1-2-12-24(21,22)14-18(20)19-16-8-10-17(11-9-16)23-13-15-6-4-3-5-7-15/h2-11H,1,12-14H2,(H,19,20). The summed E-state index contributed by atoms with van der Waals surface area (Å²) in [6.07, 6.45) is 1.27. The van der Waals surface area contributed by atoms with E-state index in [1.54, 1.807) is 24.3 Å². The predicted molar refractivity (Wildman–Crippen MR) is 94.7 cm³/mol. The largest absolute Gasteiger partial charge is 0.489 e. The van der Waals surface area contributed by atoms with Gasteiger partial charge in [0.15, 0.2) is 9.84 Å². The molecule has 0 atom stereocenters. The highest BCUT2D eigenvalue weighted by atomic mass is 32.2. The van der Waals surface area contributed by atoms with Crippen molar-refractivity contribution in [3.05, 3.63) is 72.8 Å². The van der Waals surface area contributed by atoms with Gasteiger partial charge in [0.1, 0.15) is 18.1 Å². The van der Waals surface area contributed by atoms with E-state index < -0.39 is 21.5 Å². The van der Waals surface area contributed by atoms with E-state index in [-0.39, 0.29) is 5.75 Å². The Kier molecular flexibility index (Phi) is 6.14. The van der Waals surface area contributed by atoms with Crippen molar-refractivity contribution in [2.24, 2.45) is 0 Å². The van der Waals surface area contributed by atoms with Gasteiger partial charge in [-0.25, -0.2) is 8.42 Å². The lowest BCUT2D eigenvalue weighted by Gasteiger charge is -2.08. The van der Waals surface area contributed by atoms with Crippen LogP contribution in [0.15, 0.2) is 67.3 Å². The average molecular weight is 345 g/mol. The molecule has 0 radical (unpaired) electrons. The molecule has 0 heterocycles. The fraction of sp³-hybridized carbons (Fsp3) is 0.167. The van der Waals surface area contributed by atoms with Gasteiger partial charge in [-0.2, -0.15) is 0 Å². The maximum atomic E-state index is 11.7. The number of benzene rings is 2. The molecule has 126 valence electrons. The summed E-state index contributed by atoms with van der Waals surface area (Å²) in [7, 11) is -3.45. The topological polar surface area (TPSA) is 72.5 Å². The van der Waals surface area contributed by atoms with E-state index in [1.165, 1.54) is 6.08 Å². The van der Waals surface area contributed by atoms with E-state index in [4.69, 9.17) is 4.74 Å². The van der Waals surface area contributed by atoms with Crippen LogP contribution >= 0.6 is 0 Å². The zero-order valence-corrected chi connectivity index (χ0v) is 14.0. The molecule has 2 aromatic rings. The Morgan fingerprint density at radius 1 is 1.08 bits per heavy atom. The van der Waals surface area contributed by atoms with Gasteiger partial charge in [0.05, 0.1) is 5.75 Å². The Morgan fingerprint density at radius 3 is 2.38 bits per heavy atom. The van der Waals surface area contributed by atoms with Gasteiger partial charge in [-0.3, -0.25) is 4.79 Å². The highest BCUT2D eigenvalue weighted by Crippen LogP contribution is 2.17. The molecular formula is C18H19NO4S. The third-order valence-corrected chi connectivity index (χ3v) is 4.55. The summed E-state index contributed by atoms with van der Waals surface area (Å²) in [6.45, 7) is 3.81. The number of ether oxygens (including phenoxy) is 1. The molecule has 0 saturated carbocycles. The minimum Gasteiger partial charge on any atom is -0.489 e. The van der Waals surface area contributed by atoms with Crippen LogP contribution in [0.2, 0.25) is 0 Å². The number of anilines is 1. The molecular weight excluding hydrogens is 326 g/mol. The van der Waals surface area contributed by atoms with E-state index in [0.29, 0.717) is 18.0 Å². The highest BCUT2D eigenvalue weighted by Gasteiger charge is 2.15. The van der Waals surface area contributed by atoms with Crippen molar-refractivity contribution in [1.29, 1.82) is 0 Å². The van der Waals surface area contributed by atoms with E-state index in [2.05, 4.69) is 11.9 Å². The molecule has 0 aromatic heterocycles. The SMILES string of the molecule is C=CCS(=O)(=O)CC(=O)Nc1ccc(OCc2ccccc2)cc1. The Labute approximate surface area is 141 Å². The van der Waals surface area contributed by atoms with Crippen LogP contribution in [0, 0.1) is 0 Å². The van der Waals surface area contributed by atoms with Crippen LogP contribution in [0.5, 0.6) is 5.75 Å². The molecule has 6 heteroatoms. The first-order valence-corrected chi connectivity index (χ1v) is 9.18. The minimum absolute atomic E-state index is 0.216. The Morgan fingerprint density at radius 2 is 1.75 bits per heavy atom. The number of sulfone groups is 1. The molecule has 0 saturated heterocycles. The second kappa shape index (κ2) is 8.31. The molecule has 0 unspecified atom stereocenters. The second-order valence-electron chi connectivity index (χ2n) is 5.19. The first-order valence-electron chi connectivity index (χ1n) is 7.36. The summed E-state index contributed by atoms with van der Waals surface area (Å²) in [6, 6.07) is 16.5. The molecule has 0 fully saturated rings. The number of amides is 1. The highest BCUT2D eigenvalue weighted by molar-refractivity contribution is 7.92. The summed E-state index contributed by atoms with van der Waals surface area (Å²) >= 11 is 0. The number of nitrogens with one attached hydrogen (secondary N) is 1. The Bertz CT molecular complexity index is 784. The zero-order valence-electron chi connectivity index (χ0n) is 13.1. The third kappa shape index (κ3) is 5.89. The molecule has 0 aliphatic heterocycles. The quantitative estimate of drug-likeness (QED) is 0.747. The fourth-order valence-corrected chi connectivity index (χ4v) is 2.96. The fourth-order valence-electron chi connectivity index (χ4n) is 2.01. The molecule has 0 spiro atoms. The van der Waals surface area contributed by atoms with Gasteiger partial charge in [0, 0.05) is 5.69 Å². The molecule has 0 aliphatic rings. The zero-order chi connectivity index (χ0) is 17.4. The third-order valence-electron chi connectivity index (χ3n) is 3.11. The van der Waals surface area contributed by atoms with Crippen LogP contribution in [-0.4, -0.2) is 25.8 Å². The van der Waals surface area contributed by atoms with Gasteiger partial charge in [-0.1, -0.05) is 36.4 Å². The van der Waals surface area contributed by atoms with Crippen molar-refractivity contribution in [2.45, 2.75) is 6.61 Å². The lowest BCUT2D eigenvalue weighted by Crippen LogP contribution is -2.24. The molecule has 5 nitrogen and oxygen atoms in total. The maximum absolute atomic E-state index is 11.7. The van der Waals surface area contributed by atoms with Crippen LogP contribution in [-0.2, 0) is 21.2 Å². The monoisotopic (exact) mass is 345 g/mol. The van der Waals surface area contributed by atoms with Crippen LogP contribution in [0.3, 0.4) is 0 Å². The van der Waals surface area contributed by atoms with Gasteiger partial charge < -0.3 is 10.1 Å². The van der Waals surface area contributed by atoms with Crippen LogP contribution in [0.4, 0.5) is 5.69 Å². The minimum atomic E-state index is -3.45. The number of carbonyl (C=O) groups excluding carboxylic acids is 1. The van der Waals surface area contributed by atoms with Crippen LogP contribution < -0.4 is 10.1 Å². The number of rotatable bonds is 8. The normalized spacial score (nSPS) is 10.8. The van der Waals surface area contributed by atoms with Crippen molar-refractivity contribution in [1.82, 2.24) is 0 Å². The average Bonchev–Trinajstić information content (AvgIpc) is 2.54. The lowest BCUT2D eigenvalue weighted by atomic mass is 10.2. The van der Waals surface area contributed by atoms with Crippen molar-refractivity contribution in [3.63, 3.8) is 0 Å². The molecule has 0 aliphatic carbocycles. The Balaban J connectivity index is 1.87. The number of hydrogen-bond acceptors (Lipinski definition) is 4. The Hall–Kier alpha value is -2.60. The smallest absolute Gasteiger partial charge is 0.239 e. The van der Waals surface area contributed by atoms with E-state index >= 15 is 0 Å². The van der Waals surface area contributed by atoms with Crippen molar-refractivity contribution < 1.29 is 17.9 Å². The van der Waals surface area contributed by atoms with E-state index in [9.17, 15) is 13.2 Å². The van der Waals surface area contributed by atoms with E-state index in [0.717, 1.165) is 5.56 Å². The van der Waals surface area contributed by atoms with Gasteiger partial charge in [0.2, 0.25) is 5.91 Å². The summed E-state index contributed by atoms with van der Waals surface area (Å²) < 4.78 is 28.8. The number of carbonyl (C=O) groups is 1. The number of hydrogen-bond donors (Lipinski definition) is 1. The second-order valence-corrected chi connectivity index (χ2v) is 7.30. The molecule has 2 rings (SSSR count). The maximum Gasteiger partial charge on any atom is 0.239 e. The predicted octanol–water partition coefficient (Wildman–Crippen LogP) is 2.80. The first-order chi connectivity index (χ1) is 11.5. The summed E-state index contributed by atoms with van der Waals surface area (Å²) in [5.74, 6) is -0.691. The van der Waals surface area contributed by atoms with Crippen LogP contribution in [0.1, 0.15) is 5.56 Å².